The van der Waals surface area contributed by atoms with Gasteiger partial charge in [0.05, 0.1) is 29.9 Å². The summed E-state index contributed by atoms with van der Waals surface area (Å²) in [6.07, 6.45) is 1.81. The molecule has 2 heterocycles. The number of anilines is 1. The van der Waals surface area contributed by atoms with Crippen LogP contribution in [0.25, 0.3) is 16.7 Å². The molecule has 0 atom stereocenters. The van der Waals surface area contributed by atoms with Gasteiger partial charge in [0.25, 0.3) is 0 Å². The van der Waals surface area contributed by atoms with Gasteiger partial charge in [-0.3, -0.25) is 0 Å². The highest BCUT2D eigenvalue weighted by molar-refractivity contribution is 5.89. The molecule has 0 fully saturated rings. The SMILES string of the molecule is CCn1c(N/N=C\c2cc(C)n(-c3ccc(C(=O)OC)cc3)c2C)nc2ccccc21. The number of carbonyl (C=O) groups excluding carboxylic acids is 1. The first kappa shape index (κ1) is 20.4. The fourth-order valence-corrected chi connectivity index (χ4v) is 3.82. The Morgan fingerprint density at radius 1 is 1.16 bits per heavy atom. The number of nitrogens with one attached hydrogen (secondary N) is 1. The molecule has 0 unspecified atom stereocenters. The predicted octanol–water partition coefficient (Wildman–Crippen LogP) is 4.70. The van der Waals surface area contributed by atoms with E-state index in [0.717, 1.165) is 40.2 Å². The smallest absolute Gasteiger partial charge is 0.337 e. The molecule has 158 valence electrons. The standard InChI is InChI=1S/C24H25N5O2/c1-5-28-22-9-7-6-8-21(22)26-24(28)27-25-15-19-14-16(2)29(17(19)3)20-12-10-18(11-13-20)23(30)31-4/h6-15H,5H2,1-4H3,(H,26,27)/b25-15-. The lowest BCUT2D eigenvalue weighted by atomic mass is 10.2. The number of fused-ring (bicyclic) bond motifs is 1. The molecule has 7 nitrogen and oxygen atoms in total. The lowest BCUT2D eigenvalue weighted by Crippen LogP contribution is -2.04. The minimum atomic E-state index is -0.343. The highest BCUT2D eigenvalue weighted by Gasteiger charge is 2.12. The maximum absolute atomic E-state index is 11.7. The second kappa shape index (κ2) is 8.47. The van der Waals surface area contributed by atoms with E-state index >= 15 is 0 Å². The molecule has 4 aromatic rings. The molecule has 0 radical (unpaired) electrons. The van der Waals surface area contributed by atoms with Crippen molar-refractivity contribution in [3.05, 3.63) is 77.1 Å². The molecule has 0 bridgehead atoms. The Hall–Kier alpha value is -3.87. The van der Waals surface area contributed by atoms with Crippen molar-refractivity contribution in [3.63, 3.8) is 0 Å². The molecular formula is C24H25N5O2. The molecule has 0 aliphatic carbocycles. The first-order valence-corrected chi connectivity index (χ1v) is 10.2. The van der Waals surface area contributed by atoms with Crippen LogP contribution >= 0.6 is 0 Å². The highest BCUT2D eigenvalue weighted by Crippen LogP contribution is 2.22. The molecular weight excluding hydrogens is 390 g/mol. The average molecular weight is 415 g/mol. The number of methoxy groups -OCH3 is 1. The second-order valence-corrected chi connectivity index (χ2v) is 7.24. The maximum Gasteiger partial charge on any atom is 0.337 e. The third kappa shape index (κ3) is 3.82. The predicted molar refractivity (Wildman–Crippen MR) is 123 cm³/mol. The van der Waals surface area contributed by atoms with Gasteiger partial charge in [-0.05, 0) is 63.2 Å². The number of nitrogens with zero attached hydrogens (tertiary/aromatic N) is 4. The van der Waals surface area contributed by atoms with Crippen LogP contribution in [-0.2, 0) is 11.3 Å². The number of imidazole rings is 1. The third-order valence-corrected chi connectivity index (χ3v) is 5.36. The zero-order valence-electron chi connectivity index (χ0n) is 18.1. The van der Waals surface area contributed by atoms with Crippen molar-refractivity contribution in [3.8, 4) is 5.69 Å². The van der Waals surface area contributed by atoms with Crippen LogP contribution in [0.1, 0.15) is 34.2 Å². The van der Waals surface area contributed by atoms with E-state index in [-0.39, 0.29) is 5.97 Å². The maximum atomic E-state index is 11.7. The van der Waals surface area contributed by atoms with Crippen molar-refractivity contribution in [2.24, 2.45) is 5.10 Å². The molecule has 31 heavy (non-hydrogen) atoms. The summed E-state index contributed by atoms with van der Waals surface area (Å²) in [5, 5.41) is 4.44. The topological polar surface area (TPSA) is 73.4 Å². The van der Waals surface area contributed by atoms with Gasteiger partial charge in [0.15, 0.2) is 0 Å². The van der Waals surface area contributed by atoms with Gasteiger partial charge in [-0.1, -0.05) is 12.1 Å². The summed E-state index contributed by atoms with van der Waals surface area (Å²) in [6.45, 7) is 6.98. The first-order chi connectivity index (χ1) is 15.0. The van der Waals surface area contributed by atoms with Crippen LogP contribution in [0.4, 0.5) is 5.95 Å². The molecule has 0 saturated carbocycles. The third-order valence-electron chi connectivity index (χ3n) is 5.36. The summed E-state index contributed by atoms with van der Waals surface area (Å²) in [4.78, 5) is 16.3. The van der Waals surface area contributed by atoms with E-state index in [9.17, 15) is 4.79 Å². The summed E-state index contributed by atoms with van der Waals surface area (Å²) in [5.41, 5.74) is 9.74. The van der Waals surface area contributed by atoms with E-state index in [0.29, 0.717) is 11.5 Å². The zero-order valence-corrected chi connectivity index (χ0v) is 18.1. The van der Waals surface area contributed by atoms with E-state index in [1.807, 2.05) is 44.2 Å². The Labute approximate surface area is 181 Å². The van der Waals surface area contributed by atoms with Crippen molar-refractivity contribution in [1.82, 2.24) is 14.1 Å². The van der Waals surface area contributed by atoms with Gasteiger partial charge in [-0.25, -0.2) is 15.2 Å². The lowest BCUT2D eigenvalue weighted by molar-refractivity contribution is 0.0600. The van der Waals surface area contributed by atoms with Crippen LogP contribution in [0.3, 0.4) is 0 Å². The van der Waals surface area contributed by atoms with Crippen molar-refractivity contribution in [2.45, 2.75) is 27.3 Å². The number of aryl methyl sites for hydroxylation is 2. The molecule has 0 saturated heterocycles. The zero-order chi connectivity index (χ0) is 22.0. The monoisotopic (exact) mass is 415 g/mol. The van der Waals surface area contributed by atoms with E-state index in [1.54, 1.807) is 18.3 Å². The number of ether oxygens (including phenoxy) is 1. The minimum Gasteiger partial charge on any atom is -0.465 e. The Morgan fingerprint density at radius 2 is 1.90 bits per heavy atom. The molecule has 0 aliphatic heterocycles. The van der Waals surface area contributed by atoms with E-state index in [4.69, 9.17) is 4.74 Å². The number of hydrogen-bond donors (Lipinski definition) is 1. The Kier molecular flexibility index (Phi) is 5.58. The number of carbonyl (C=O) groups is 1. The van der Waals surface area contributed by atoms with Gasteiger partial charge in [0.1, 0.15) is 0 Å². The molecule has 0 aliphatic rings. The molecule has 2 aromatic heterocycles. The van der Waals surface area contributed by atoms with Gasteiger partial charge in [-0.15, -0.1) is 0 Å². The Bertz CT molecular complexity index is 1270. The van der Waals surface area contributed by atoms with Gasteiger partial charge in [-0.2, -0.15) is 5.10 Å². The number of rotatable bonds is 6. The van der Waals surface area contributed by atoms with Crippen LogP contribution in [0.2, 0.25) is 0 Å². The average Bonchev–Trinajstić information content (AvgIpc) is 3.29. The van der Waals surface area contributed by atoms with Crippen LogP contribution in [0, 0.1) is 13.8 Å². The fraction of sp³-hybridized carbons (Fsp3) is 0.208. The summed E-state index contributed by atoms with van der Waals surface area (Å²) in [7, 11) is 1.38. The van der Waals surface area contributed by atoms with E-state index in [1.165, 1.54) is 7.11 Å². The number of hydrazone groups is 1. The number of esters is 1. The van der Waals surface area contributed by atoms with Crippen molar-refractivity contribution < 1.29 is 9.53 Å². The Morgan fingerprint density at radius 3 is 2.61 bits per heavy atom. The quantitative estimate of drug-likeness (QED) is 0.282. The van der Waals surface area contributed by atoms with Crippen LogP contribution in [0.5, 0.6) is 0 Å². The highest BCUT2D eigenvalue weighted by atomic mass is 16.5. The number of aromatic nitrogens is 3. The van der Waals surface area contributed by atoms with Crippen molar-refractivity contribution in [1.29, 1.82) is 0 Å². The van der Waals surface area contributed by atoms with Gasteiger partial charge in [0, 0.05) is 29.2 Å². The molecule has 4 rings (SSSR count). The van der Waals surface area contributed by atoms with Gasteiger partial charge in [0.2, 0.25) is 5.95 Å². The number of para-hydroxylation sites is 2. The molecule has 0 spiro atoms. The van der Waals surface area contributed by atoms with Crippen molar-refractivity contribution in [2.75, 3.05) is 12.5 Å². The van der Waals surface area contributed by atoms with Crippen LogP contribution in [0.15, 0.2) is 59.7 Å². The summed E-state index contributed by atoms with van der Waals surface area (Å²) < 4.78 is 9.00. The largest absolute Gasteiger partial charge is 0.465 e. The van der Waals surface area contributed by atoms with Crippen molar-refractivity contribution >= 4 is 29.2 Å². The van der Waals surface area contributed by atoms with Gasteiger partial charge >= 0.3 is 5.97 Å². The molecule has 0 amide bonds. The molecule has 7 heteroatoms. The fourth-order valence-electron chi connectivity index (χ4n) is 3.82. The minimum absolute atomic E-state index is 0.343. The van der Waals surface area contributed by atoms with Crippen LogP contribution in [-0.4, -0.2) is 33.4 Å². The molecule has 1 N–H and O–H groups in total. The number of benzene rings is 2. The summed E-state index contributed by atoms with van der Waals surface area (Å²) in [5.74, 6) is 0.372. The number of hydrogen-bond acceptors (Lipinski definition) is 5. The molecule has 2 aromatic carbocycles. The van der Waals surface area contributed by atoms with E-state index in [2.05, 4.69) is 43.7 Å². The first-order valence-electron chi connectivity index (χ1n) is 10.2. The van der Waals surface area contributed by atoms with Gasteiger partial charge < -0.3 is 13.9 Å². The normalized spacial score (nSPS) is 11.4. The second-order valence-electron chi connectivity index (χ2n) is 7.24. The van der Waals surface area contributed by atoms with E-state index < -0.39 is 0 Å². The summed E-state index contributed by atoms with van der Waals surface area (Å²) in [6, 6.07) is 17.5. The van der Waals surface area contributed by atoms with Crippen LogP contribution < -0.4 is 5.43 Å². The lowest BCUT2D eigenvalue weighted by Gasteiger charge is -2.10. The Balaban J connectivity index is 1.58. The summed E-state index contributed by atoms with van der Waals surface area (Å²) >= 11 is 0.